The van der Waals surface area contributed by atoms with Gasteiger partial charge in [-0.2, -0.15) is 0 Å². The molecule has 8 heteroatoms. The van der Waals surface area contributed by atoms with Crippen molar-refractivity contribution >= 4 is 22.7 Å². The molecular formula is C31H30N4O4. The number of para-hydroxylation sites is 1. The Bertz CT molecular complexity index is 1580. The van der Waals surface area contributed by atoms with Gasteiger partial charge in [0, 0.05) is 48.7 Å². The number of hydrogen-bond acceptors (Lipinski definition) is 5. The SMILES string of the molecule is O=C1[C@H]2Cc3c([nH]c4ccccc34)[C@@H](c3ccc(O)c(O)c3)N2C(=O)CN1[C@H]1CCN(Cc2ccccc2)C1. The molecule has 0 aliphatic carbocycles. The molecule has 3 N–H and O–H groups in total. The first-order valence-electron chi connectivity index (χ1n) is 13.5. The van der Waals surface area contributed by atoms with Crippen LogP contribution in [0.4, 0.5) is 0 Å². The lowest BCUT2D eigenvalue weighted by Crippen LogP contribution is -2.65. The number of rotatable bonds is 4. The zero-order valence-corrected chi connectivity index (χ0v) is 21.5. The minimum atomic E-state index is -0.637. The third-order valence-corrected chi connectivity index (χ3v) is 8.55. The standard InChI is InChI=1S/C31H30N4O4/c36-26-11-10-20(14-27(26)37)30-29-23(22-8-4-5-9-24(22)32-29)15-25-31(39)34(18-28(38)35(25)30)21-12-13-33(17-21)16-19-6-2-1-3-7-19/h1-11,14,21,25,30,32,36-37H,12-13,15-18H2/t21-,25+,30+/m0/s1. The number of piperazine rings is 1. The molecule has 3 atom stereocenters. The molecule has 0 bridgehead atoms. The van der Waals surface area contributed by atoms with Crippen molar-refractivity contribution in [1.82, 2.24) is 19.7 Å². The monoisotopic (exact) mass is 522 g/mol. The number of benzene rings is 3. The molecule has 7 rings (SSSR count). The second-order valence-corrected chi connectivity index (χ2v) is 10.9. The summed E-state index contributed by atoms with van der Waals surface area (Å²) in [5.41, 5.74) is 4.70. The molecule has 2 fully saturated rings. The van der Waals surface area contributed by atoms with Gasteiger partial charge in [0.1, 0.15) is 12.6 Å². The van der Waals surface area contributed by atoms with Crippen LogP contribution in [0.3, 0.4) is 0 Å². The van der Waals surface area contributed by atoms with Crippen LogP contribution in [-0.4, -0.2) is 73.4 Å². The highest BCUT2D eigenvalue weighted by molar-refractivity contribution is 5.98. The van der Waals surface area contributed by atoms with Crippen LogP contribution in [0.25, 0.3) is 10.9 Å². The fourth-order valence-corrected chi connectivity index (χ4v) is 6.70. The van der Waals surface area contributed by atoms with Gasteiger partial charge in [-0.15, -0.1) is 0 Å². The fourth-order valence-electron chi connectivity index (χ4n) is 6.70. The van der Waals surface area contributed by atoms with Crippen molar-refractivity contribution in [1.29, 1.82) is 0 Å². The van der Waals surface area contributed by atoms with Crippen molar-refractivity contribution in [2.75, 3.05) is 19.6 Å². The molecule has 0 spiro atoms. The van der Waals surface area contributed by atoms with Gasteiger partial charge in [-0.05, 0) is 41.3 Å². The normalized spacial score (nSPS) is 23.3. The zero-order chi connectivity index (χ0) is 26.7. The first-order valence-corrected chi connectivity index (χ1v) is 13.5. The van der Waals surface area contributed by atoms with Crippen molar-refractivity contribution in [2.24, 2.45) is 0 Å². The van der Waals surface area contributed by atoms with Gasteiger partial charge < -0.3 is 25.0 Å². The van der Waals surface area contributed by atoms with E-state index in [9.17, 15) is 19.8 Å². The maximum Gasteiger partial charge on any atom is 0.246 e. The smallest absolute Gasteiger partial charge is 0.246 e. The number of carbonyl (C=O) groups excluding carboxylic acids is 2. The van der Waals surface area contributed by atoms with E-state index < -0.39 is 12.1 Å². The quantitative estimate of drug-likeness (QED) is 0.356. The van der Waals surface area contributed by atoms with E-state index in [1.165, 1.54) is 17.7 Å². The largest absolute Gasteiger partial charge is 0.504 e. The number of likely N-dealkylation sites (tertiary alicyclic amines) is 1. The summed E-state index contributed by atoms with van der Waals surface area (Å²) in [5.74, 6) is -0.612. The minimum Gasteiger partial charge on any atom is -0.504 e. The van der Waals surface area contributed by atoms with E-state index in [0.717, 1.165) is 48.2 Å². The molecular weight excluding hydrogens is 492 g/mol. The summed E-state index contributed by atoms with van der Waals surface area (Å²) >= 11 is 0. The van der Waals surface area contributed by atoms with Gasteiger partial charge in [-0.25, -0.2) is 0 Å². The van der Waals surface area contributed by atoms with Crippen molar-refractivity contribution in [3.05, 3.63) is 95.2 Å². The van der Waals surface area contributed by atoms with Crippen molar-refractivity contribution in [3.63, 3.8) is 0 Å². The average molecular weight is 523 g/mol. The van der Waals surface area contributed by atoms with Crippen molar-refractivity contribution < 1.29 is 19.8 Å². The molecule has 2 saturated heterocycles. The Hall–Kier alpha value is -4.30. The van der Waals surface area contributed by atoms with Gasteiger partial charge in [-0.3, -0.25) is 14.5 Å². The first kappa shape index (κ1) is 23.8. The number of phenolic OH excluding ortho intramolecular Hbond substituents is 2. The fraction of sp³-hybridized carbons (Fsp3) is 0.290. The van der Waals surface area contributed by atoms with Crippen LogP contribution in [0.15, 0.2) is 72.8 Å². The van der Waals surface area contributed by atoms with Crippen LogP contribution < -0.4 is 0 Å². The van der Waals surface area contributed by atoms with Gasteiger partial charge in [-0.1, -0.05) is 54.6 Å². The van der Waals surface area contributed by atoms with Gasteiger partial charge in [0.15, 0.2) is 11.5 Å². The number of carbonyl (C=O) groups is 2. The van der Waals surface area contributed by atoms with E-state index in [-0.39, 0.29) is 35.9 Å². The maximum absolute atomic E-state index is 14.1. The number of fused-ring (bicyclic) bond motifs is 4. The molecule has 8 nitrogen and oxygen atoms in total. The van der Waals surface area contributed by atoms with E-state index in [1.54, 1.807) is 15.9 Å². The highest BCUT2D eigenvalue weighted by Gasteiger charge is 2.50. The van der Waals surface area contributed by atoms with Crippen LogP contribution in [0.1, 0.15) is 34.8 Å². The van der Waals surface area contributed by atoms with Crippen molar-refractivity contribution in [3.8, 4) is 11.5 Å². The predicted molar refractivity (Wildman–Crippen MR) is 146 cm³/mol. The Labute approximate surface area is 226 Å². The van der Waals surface area contributed by atoms with Crippen molar-refractivity contribution in [2.45, 2.75) is 37.5 Å². The highest BCUT2D eigenvalue weighted by Crippen LogP contribution is 2.44. The second-order valence-electron chi connectivity index (χ2n) is 10.9. The van der Waals surface area contributed by atoms with Crippen LogP contribution in [0, 0.1) is 0 Å². The average Bonchev–Trinajstić information content (AvgIpc) is 3.56. The number of nitrogens with zero attached hydrogens (tertiary/aromatic N) is 3. The molecule has 3 aliphatic rings. The van der Waals surface area contributed by atoms with E-state index in [0.29, 0.717) is 12.0 Å². The molecule has 1 aromatic heterocycles. The van der Waals surface area contributed by atoms with Gasteiger partial charge in [0.25, 0.3) is 0 Å². The third-order valence-electron chi connectivity index (χ3n) is 8.55. The van der Waals surface area contributed by atoms with Gasteiger partial charge in [0.2, 0.25) is 11.8 Å². The Kier molecular flexibility index (Phi) is 5.59. The lowest BCUT2D eigenvalue weighted by Gasteiger charge is -2.48. The van der Waals surface area contributed by atoms with Crippen LogP contribution in [0.2, 0.25) is 0 Å². The summed E-state index contributed by atoms with van der Waals surface area (Å²) in [4.78, 5) is 37.3. The van der Waals surface area contributed by atoms with Gasteiger partial charge >= 0.3 is 0 Å². The summed E-state index contributed by atoms with van der Waals surface area (Å²) in [6.07, 6.45) is 1.27. The molecule has 4 aromatic rings. The maximum atomic E-state index is 14.1. The van der Waals surface area contributed by atoms with Crippen LogP contribution in [0.5, 0.6) is 11.5 Å². The molecule has 198 valence electrons. The van der Waals surface area contributed by atoms with E-state index in [2.05, 4.69) is 22.0 Å². The predicted octanol–water partition coefficient (Wildman–Crippen LogP) is 3.54. The molecule has 39 heavy (non-hydrogen) atoms. The summed E-state index contributed by atoms with van der Waals surface area (Å²) in [6.45, 7) is 2.49. The highest BCUT2D eigenvalue weighted by atomic mass is 16.3. The number of nitrogens with one attached hydrogen (secondary N) is 1. The number of H-pyrrole nitrogens is 1. The Morgan fingerprint density at radius 2 is 1.72 bits per heavy atom. The Balaban J connectivity index is 1.23. The Morgan fingerprint density at radius 1 is 0.923 bits per heavy atom. The van der Waals surface area contributed by atoms with E-state index in [4.69, 9.17) is 0 Å². The molecule has 3 aromatic carbocycles. The molecule has 3 aliphatic heterocycles. The van der Waals surface area contributed by atoms with Crippen LogP contribution in [-0.2, 0) is 22.6 Å². The summed E-state index contributed by atoms with van der Waals surface area (Å²) in [5, 5.41) is 21.3. The van der Waals surface area contributed by atoms with Gasteiger partial charge in [0.05, 0.1) is 6.04 Å². The molecule has 0 unspecified atom stereocenters. The number of aromatic hydroxyl groups is 2. The second kappa shape index (κ2) is 9.17. The third kappa shape index (κ3) is 3.94. The first-order chi connectivity index (χ1) is 19.0. The lowest BCUT2D eigenvalue weighted by molar-refractivity contribution is -0.160. The molecule has 0 saturated carbocycles. The lowest BCUT2D eigenvalue weighted by atomic mass is 9.85. The minimum absolute atomic E-state index is 0.00663. The molecule has 0 radical (unpaired) electrons. The molecule has 4 heterocycles. The summed E-state index contributed by atoms with van der Waals surface area (Å²) in [7, 11) is 0. The summed E-state index contributed by atoms with van der Waals surface area (Å²) in [6, 6.07) is 21.7. The number of aromatic amines is 1. The number of phenols is 2. The number of hydrogen-bond donors (Lipinski definition) is 3. The number of aromatic nitrogens is 1. The Morgan fingerprint density at radius 3 is 2.54 bits per heavy atom. The molecule has 2 amide bonds. The van der Waals surface area contributed by atoms with E-state index >= 15 is 0 Å². The number of amides is 2. The van der Waals surface area contributed by atoms with E-state index in [1.807, 2.05) is 42.5 Å². The van der Waals surface area contributed by atoms with Crippen LogP contribution >= 0.6 is 0 Å². The summed E-state index contributed by atoms with van der Waals surface area (Å²) < 4.78 is 0. The topological polar surface area (TPSA) is 100 Å². The zero-order valence-electron chi connectivity index (χ0n) is 21.5.